The van der Waals surface area contributed by atoms with Crippen LogP contribution in [-0.2, 0) is 4.79 Å². The second-order valence-corrected chi connectivity index (χ2v) is 9.75. The SMILES string of the molecule is Cc1ccc(NC(=O)N(CCCNC(=O)CCC2CCCC2)c2ccc(Oc3ccccc3)cc2)cc1. The Morgan fingerprint density at radius 2 is 1.57 bits per heavy atom. The lowest BCUT2D eigenvalue weighted by molar-refractivity contribution is -0.121. The van der Waals surface area contributed by atoms with Crippen LogP contribution in [0.2, 0.25) is 0 Å². The van der Waals surface area contributed by atoms with Crippen LogP contribution in [-0.4, -0.2) is 25.0 Å². The molecule has 37 heavy (non-hydrogen) atoms. The van der Waals surface area contributed by atoms with Gasteiger partial charge in [0.25, 0.3) is 0 Å². The standard InChI is InChI=1S/C31H37N3O3/c1-24-12-15-26(16-13-24)33-31(36)34(23-7-22-32-30(35)21-14-25-8-5-6-9-25)27-17-19-29(20-18-27)37-28-10-3-2-4-11-28/h2-4,10-13,15-20,25H,5-9,14,21-23H2,1H3,(H,32,35)(H,33,36). The van der Waals surface area contributed by atoms with Crippen molar-refractivity contribution in [3.63, 3.8) is 0 Å². The summed E-state index contributed by atoms with van der Waals surface area (Å²) in [6, 6.07) is 24.6. The van der Waals surface area contributed by atoms with Gasteiger partial charge in [0.1, 0.15) is 11.5 Å². The highest BCUT2D eigenvalue weighted by atomic mass is 16.5. The fourth-order valence-electron chi connectivity index (χ4n) is 4.68. The predicted molar refractivity (Wildman–Crippen MR) is 149 cm³/mol. The smallest absolute Gasteiger partial charge is 0.326 e. The van der Waals surface area contributed by atoms with E-state index in [1.54, 1.807) is 4.90 Å². The van der Waals surface area contributed by atoms with Crippen molar-refractivity contribution in [2.24, 2.45) is 5.92 Å². The highest BCUT2D eigenvalue weighted by Gasteiger charge is 2.18. The molecule has 0 bridgehead atoms. The van der Waals surface area contributed by atoms with Gasteiger partial charge in [-0.1, -0.05) is 61.6 Å². The minimum Gasteiger partial charge on any atom is -0.457 e. The summed E-state index contributed by atoms with van der Waals surface area (Å²) in [4.78, 5) is 27.2. The molecule has 6 nitrogen and oxygen atoms in total. The maximum atomic E-state index is 13.2. The Balaban J connectivity index is 1.35. The fourth-order valence-corrected chi connectivity index (χ4v) is 4.68. The van der Waals surface area contributed by atoms with Crippen LogP contribution in [0.5, 0.6) is 11.5 Å². The number of hydrogen-bond donors (Lipinski definition) is 2. The number of aryl methyl sites for hydroxylation is 1. The molecule has 1 aliphatic rings. The molecule has 0 aliphatic heterocycles. The van der Waals surface area contributed by atoms with Crippen molar-refractivity contribution < 1.29 is 14.3 Å². The monoisotopic (exact) mass is 499 g/mol. The van der Waals surface area contributed by atoms with Gasteiger partial charge in [0.2, 0.25) is 5.91 Å². The number of carbonyl (C=O) groups excluding carboxylic acids is 2. The molecular weight excluding hydrogens is 462 g/mol. The summed E-state index contributed by atoms with van der Waals surface area (Å²) in [5.74, 6) is 2.27. The second kappa shape index (κ2) is 13.5. The van der Waals surface area contributed by atoms with Crippen molar-refractivity contribution in [1.29, 1.82) is 0 Å². The molecule has 1 saturated carbocycles. The third-order valence-electron chi connectivity index (χ3n) is 6.81. The lowest BCUT2D eigenvalue weighted by Gasteiger charge is -2.24. The molecular formula is C31H37N3O3. The van der Waals surface area contributed by atoms with Gasteiger partial charge < -0.3 is 15.4 Å². The zero-order valence-electron chi connectivity index (χ0n) is 21.6. The van der Waals surface area contributed by atoms with E-state index in [4.69, 9.17) is 4.74 Å². The van der Waals surface area contributed by atoms with Crippen LogP contribution in [0.3, 0.4) is 0 Å². The Hall–Kier alpha value is -3.80. The van der Waals surface area contributed by atoms with Gasteiger partial charge in [-0.05, 0) is 74.2 Å². The van der Waals surface area contributed by atoms with Crippen molar-refractivity contribution in [3.8, 4) is 11.5 Å². The van der Waals surface area contributed by atoms with Gasteiger partial charge in [0, 0.05) is 30.9 Å². The van der Waals surface area contributed by atoms with Crippen molar-refractivity contribution in [3.05, 3.63) is 84.4 Å². The van der Waals surface area contributed by atoms with Crippen LogP contribution in [0.4, 0.5) is 16.2 Å². The summed E-state index contributed by atoms with van der Waals surface area (Å²) in [5.41, 5.74) is 2.63. The molecule has 3 aromatic rings. The molecule has 6 heteroatoms. The number of para-hydroxylation sites is 1. The largest absolute Gasteiger partial charge is 0.457 e. The molecule has 0 saturated heterocycles. The lowest BCUT2D eigenvalue weighted by atomic mass is 10.0. The first kappa shape index (κ1) is 26.3. The molecule has 1 aliphatic carbocycles. The van der Waals surface area contributed by atoms with Gasteiger partial charge >= 0.3 is 6.03 Å². The Bertz CT molecular complexity index is 1120. The normalized spacial score (nSPS) is 13.2. The van der Waals surface area contributed by atoms with Crippen LogP contribution in [0.15, 0.2) is 78.9 Å². The molecule has 3 aromatic carbocycles. The number of benzene rings is 3. The van der Waals surface area contributed by atoms with Crippen molar-refractivity contribution >= 4 is 23.3 Å². The van der Waals surface area contributed by atoms with E-state index >= 15 is 0 Å². The van der Waals surface area contributed by atoms with Crippen LogP contribution >= 0.6 is 0 Å². The van der Waals surface area contributed by atoms with E-state index in [9.17, 15) is 9.59 Å². The predicted octanol–water partition coefficient (Wildman–Crippen LogP) is 7.30. The number of hydrogen-bond acceptors (Lipinski definition) is 3. The average molecular weight is 500 g/mol. The summed E-state index contributed by atoms with van der Waals surface area (Å²) in [6.45, 7) is 3.02. The van der Waals surface area contributed by atoms with E-state index in [2.05, 4.69) is 10.6 Å². The molecule has 2 N–H and O–H groups in total. The first-order valence-electron chi connectivity index (χ1n) is 13.3. The van der Waals surface area contributed by atoms with Crippen molar-refractivity contribution in [2.75, 3.05) is 23.3 Å². The first-order valence-corrected chi connectivity index (χ1v) is 13.3. The Kier molecular flexibility index (Phi) is 9.58. The van der Waals surface area contributed by atoms with Gasteiger partial charge in [0.05, 0.1) is 0 Å². The third-order valence-corrected chi connectivity index (χ3v) is 6.81. The van der Waals surface area contributed by atoms with E-state index in [0.29, 0.717) is 37.6 Å². The maximum absolute atomic E-state index is 13.2. The van der Waals surface area contributed by atoms with Gasteiger partial charge in [-0.3, -0.25) is 9.69 Å². The minimum absolute atomic E-state index is 0.102. The number of nitrogens with one attached hydrogen (secondary N) is 2. The first-order chi connectivity index (χ1) is 18.1. The van der Waals surface area contributed by atoms with E-state index in [1.807, 2.05) is 85.8 Å². The Labute approximate surface area is 220 Å². The summed E-state index contributed by atoms with van der Waals surface area (Å²) in [7, 11) is 0. The molecule has 4 rings (SSSR count). The zero-order chi connectivity index (χ0) is 25.9. The molecule has 0 spiro atoms. The number of urea groups is 1. The van der Waals surface area contributed by atoms with Gasteiger partial charge in [-0.25, -0.2) is 4.79 Å². The number of amides is 3. The van der Waals surface area contributed by atoms with E-state index in [1.165, 1.54) is 25.7 Å². The second-order valence-electron chi connectivity index (χ2n) is 9.75. The molecule has 1 fully saturated rings. The van der Waals surface area contributed by atoms with Crippen molar-refractivity contribution in [2.45, 2.75) is 51.9 Å². The molecule has 194 valence electrons. The van der Waals surface area contributed by atoms with E-state index in [0.717, 1.165) is 29.1 Å². The number of rotatable bonds is 11. The average Bonchev–Trinajstić information content (AvgIpc) is 3.44. The zero-order valence-corrected chi connectivity index (χ0v) is 21.6. The summed E-state index contributed by atoms with van der Waals surface area (Å²) >= 11 is 0. The fraction of sp³-hybridized carbons (Fsp3) is 0.355. The molecule has 0 aromatic heterocycles. The van der Waals surface area contributed by atoms with Crippen LogP contribution in [0.1, 0.15) is 50.5 Å². The summed E-state index contributed by atoms with van der Waals surface area (Å²) in [6.07, 6.45) is 7.33. The van der Waals surface area contributed by atoms with Gasteiger partial charge in [0.15, 0.2) is 0 Å². The molecule has 3 amide bonds. The maximum Gasteiger partial charge on any atom is 0.326 e. The summed E-state index contributed by atoms with van der Waals surface area (Å²) in [5, 5.41) is 6.02. The number of anilines is 2. The molecule has 0 unspecified atom stereocenters. The highest BCUT2D eigenvalue weighted by molar-refractivity contribution is 6.01. The third kappa shape index (κ3) is 8.38. The number of nitrogens with zero attached hydrogens (tertiary/aromatic N) is 1. The summed E-state index contributed by atoms with van der Waals surface area (Å²) < 4.78 is 5.90. The quantitative estimate of drug-likeness (QED) is 0.272. The number of ether oxygens (including phenoxy) is 1. The Morgan fingerprint density at radius 1 is 0.892 bits per heavy atom. The van der Waals surface area contributed by atoms with Crippen LogP contribution in [0.25, 0.3) is 0 Å². The van der Waals surface area contributed by atoms with Gasteiger partial charge in [-0.2, -0.15) is 0 Å². The van der Waals surface area contributed by atoms with Gasteiger partial charge in [-0.15, -0.1) is 0 Å². The molecule has 0 radical (unpaired) electrons. The number of carbonyl (C=O) groups is 2. The highest BCUT2D eigenvalue weighted by Crippen LogP contribution is 2.28. The van der Waals surface area contributed by atoms with E-state index < -0.39 is 0 Å². The Morgan fingerprint density at radius 3 is 2.27 bits per heavy atom. The van der Waals surface area contributed by atoms with Crippen molar-refractivity contribution in [1.82, 2.24) is 5.32 Å². The molecule has 0 atom stereocenters. The minimum atomic E-state index is -0.215. The van der Waals surface area contributed by atoms with E-state index in [-0.39, 0.29) is 11.9 Å². The molecule has 0 heterocycles. The topological polar surface area (TPSA) is 70.7 Å². The van der Waals surface area contributed by atoms with Crippen LogP contribution in [0, 0.1) is 12.8 Å². The van der Waals surface area contributed by atoms with Crippen LogP contribution < -0.4 is 20.3 Å². The lowest BCUT2D eigenvalue weighted by Crippen LogP contribution is -2.37.